The van der Waals surface area contributed by atoms with Gasteiger partial charge in [-0.2, -0.15) is 0 Å². The summed E-state index contributed by atoms with van der Waals surface area (Å²) in [6, 6.07) is 10.7. The summed E-state index contributed by atoms with van der Waals surface area (Å²) in [5, 5.41) is 0. The van der Waals surface area contributed by atoms with Gasteiger partial charge in [0.25, 0.3) is 0 Å². The molecule has 0 aliphatic heterocycles. The lowest BCUT2D eigenvalue weighted by molar-refractivity contribution is 0.356. The molecule has 2 heteroatoms. The fourth-order valence-electron chi connectivity index (χ4n) is 1.76. The van der Waals surface area contributed by atoms with Gasteiger partial charge in [0.05, 0.1) is 0 Å². The topological polar surface area (TPSA) is 3.24 Å². The van der Waals surface area contributed by atoms with Crippen molar-refractivity contribution in [1.29, 1.82) is 0 Å². The van der Waals surface area contributed by atoms with E-state index in [2.05, 4.69) is 38.1 Å². The summed E-state index contributed by atoms with van der Waals surface area (Å²) in [7, 11) is 0. The van der Waals surface area contributed by atoms with Crippen molar-refractivity contribution in [3.63, 3.8) is 0 Å². The first-order valence-electron chi connectivity index (χ1n) is 5.05. The SMILES string of the molecule is C=C1CC(N(S)Cc2ccccc2)C1=C. The summed E-state index contributed by atoms with van der Waals surface area (Å²) in [5.74, 6) is 0. The first-order chi connectivity index (χ1) is 7.18. The van der Waals surface area contributed by atoms with Crippen LogP contribution >= 0.6 is 12.8 Å². The molecule has 0 heterocycles. The molecule has 1 aromatic carbocycles. The van der Waals surface area contributed by atoms with Crippen molar-refractivity contribution in [2.24, 2.45) is 0 Å². The average molecular weight is 217 g/mol. The monoisotopic (exact) mass is 217 g/mol. The van der Waals surface area contributed by atoms with Crippen LogP contribution in [-0.2, 0) is 6.54 Å². The van der Waals surface area contributed by atoms with Crippen LogP contribution in [0, 0.1) is 0 Å². The Hall–Kier alpha value is -0.990. The van der Waals surface area contributed by atoms with Gasteiger partial charge in [-0.3, -0.25) is 0 Å². The summed E-state index contributed by atoms with van der Waals surface area (Å²) in [6.45, 7) is 8.76. The Morgan fingerprint density at radius 2 is 1.93 bits per heavy atom. The predicted molar refractivity (Wildman–Crippen MR) is 67.7 cm³/mol. The van der Waals surface area contributed by atoms with Gasteiger partial charge in [-0.25, -0.2) is 4.31 Å². The number of hydrogen-bond acceptors (Lipinski definition) is 2. The highest BCUT2D eigenvalue weighted by Crippen LogP contribution is 2.35. The largest absolute Gasteiger partial charge is 0.241 e. The van der Waals surface area contributed by atoms with Gasteiger partial charge in [0.15, 0.2) is 0 Å². The van der Waals surface area contributed by atoms with Crippen molar-refractivity contribution in [2.45, 2.75) is 19.0 Å². The van der Waals surface area contributed by atoms with E-state index in [0.717, 1.165) is 24.1 Å². The summed E-state index contributed by atoms with van der Waals surface area (Å²) in [6.07, 6.45) is 0.995. The Kier molecular flexibility index (Phi) is 2.98. The summed E-state index contributed by atoms with van der Waals surface area (Å²) >= 11 is 4.50. The normalized spacial score (nSPS) is 20.5. The Bertz CT molecular complexity index is 383. The number of hydrogen-bond donors (Lipinski definition) is 1. The predicted octanol–water partition coefficient (Wildman–Crippen LogP) is 3.22. The molecular weight excluding hydrogens is 202 g/mol. The number of nitrogens with zero attached hydrogens (tertiary/aromatic N) is 1. The molecule has 1 aliphatic carbocycles. The third-order valence-electron chi connectivity index (χ3n) is 2.84. The Morgan fingerprint density at radius 3 is 2.47 bits per heavy atom. The number of thiol groups is 1. The van der Waals surface area contributed by atoms with E-state index in [-0.39, 0.29) is 0 Å². The lowest BCUT2D eigenvalue weighted by Gasteiger charge is -2.37. The molecule has 1 nitrogen and oxygen atoms in total. The van der Waals surface area contributed by atoms with Crippen LogP contribution in [0.1, 0.15) is 12.0 Å². The smallest absolute Gasteiger partial charge is 0.0490 e. The fraction of sp³-hybridized carbons (Fsp3) is 0.231. The zero-order valence-electron chi connectivity index (χ0n) is 8.69. The van der Waals surface area contributed by atoms with Crippen molar-refractivity contribution in [3.8, 4) is 0 Å². The summed E-state index contributed by atoms with van der Waals surface area (Å²) < 4.78 is 2.03. The zero-order valence-corrected chi connectivity index (χ0v) is 9.58. The summed E-state index contributed by atoms with van der Waals surface area (Å²) in [5.41, 5.74) is 3.56. The second-order valence-electron chi connectivity index (χ2n) is 3.93. The van der Waals surface area contributed by atoms with E-state index in [1.807, 2.05) is 22.5 Å². The highest BCUT2D eigenvalue weighted by Gasteiger charge is 2.30. The highest BCUT2D eigenvalue weighted by molar-refractivity contribution is 7.77. The summed E-state index contributed by atoms with van der Waals surface area (Å²) in [4.78, 5) is 0. The van der Waals surface area contributed by atoms with E-state index in [0.29, 0.717) is 6.04 Å². The van der Waals surface area contributed by atoms with Gasteiger partial charge in [0.2, 0.25) is 0 Å². The van der Waals surface area contributed by atoms with E-state index in [4.69, 9.17) is 0 Å². The second kappa shape index (κ2) is 4.25. The van der Waals surface area contributed by atoms with Crippen LogP contribution in [0.4, 0.5) is 0 Å². The van der Waals surface area contributed by atoms with Gasteiger partial charge >= 0.3 is 0 Å². The van der Waals surface area contributed by atoms with Gasteiger partial charge < -0.3 is 0 Å². The first kappa shape index (κ1) is 10.5. The molecule has 0 saturated heterocycles. The molecule has 15 heavy (non-hydrogen) atoms. The third kappa shape index (κ3) is 2.16. The molecule has 1 atom stereocenters. The van der Waals surface area contributed by atoms with E-state index < -0.39 is 0 Å². The fourth-order valence-corrected chi connectivity index (χ4v) is 2.14. The van der Waals surface area contributed by atoms with Crippen molar-refractivity contribution < 1.29 is 0 Å². The van der Waals surface area contributed by atoms with Crippen molar-refractivity contribution in [3.05, 3.63) is 60.2 Å². The van der Waals surface area contributed by atoms with Gasteiger partial charge in [0, 0.05) is 12.6 Å². The quantitative estimate of drug-likeness (QED) is 0.761. The van der Waals surface area contributed by atoms with Crippen molar-refractivity contribution in [2.75, 3.05) is 0 Å². The maximum Gasteiger partial charge on any atom is 0.0490 e. The van der Waals surface area contributed by atoms with E-state index in [9.17, 15) is 0 Å². The molecule has 1 fully saturated rings. The van der Waals surface area contributed by atoms with Gasteiger partial charge in [-0.05, 0) is 23.1 Å². The lowest BCUT2D eigenvalue weighted by Crippen LogP contribution is -2.36. The first-order valence-corrected chi connectivity index (χ1v) is 5.45. The Labute approximate surface area is 96.7 Å². The minimum Gasteiger partial charge on any atom is -0.241 e. The van der Waals surface area contributed by atoms with Crippen LogP contribution in [0.15, 0.2) is 54.6 Å². The number of benzene rings is 1. The van der Waals surface area contributed by atoms with Gasteiger partial charge in [0.1, 0.15) is 0 Å². The standard InChI is InChI=1S/C13H15NS/c1-10-8-13(11(10)2)14(15)9-12-6-4-3-5-7-12/h3-7,13,15H,1-2,8-9H2. The molecule has 1 saturated carbocycles. The second-order valence-corrected chi connectivity index (χ2v) is 4.45. The third-order valence-corrected chi connectivity index (χ3v) is 3.26. The molecule has 0 spiro atoms. The molecule has 0 bridgehead atoms. The van der Waals surface area contributed by atoms with Crippen molar-refractivity contribution in [1.82, 2.24) is 4.31 Å². The van der Waals surface area contributed by atoms with Crippen molar-refractivity contribution >= 4 is 12.8 Å². The molecule has 78 valence electrons. The van der Waals surface area contributed by atoms with Gasteiger partial charge in [-0.15, -0.1) is 0 Å². The maximum absolute atomic E-state index is 4.50. The molecule has 0 N–H and O–H groups in total. The molecule has 2 rings (SSSR count). The molecular formula is C13H15NS. The molecule has 0 amide bonds. The lowest BCUT2D eigenvalue weighted by atomic mass is 9.82. The Balaban J connectivity index is 1.96. The van der Waals surface area contributed by atoms with Crippen LogP contribution in [0.3, 0.4) is 0 Å². The zero-order chi connectivity index (χ0) is 10.8. The van der Waals surface area contributed by atoms with Crippen LogP contribution in [0.25, 0.3) is 0 Å². The molecule has 1 aromatic rings. The minimum atomic E-state index is 0.362. The van der Waals surface area contributed by atoms with Crippen LogP contribution < -0.4 is 0 Å². The molecule has 0 aromatic heterocycles. The molecule has 0 radical (unpaired) electrons. The minimum absolute atomic E-state index is 0.362. The van der Waals surface area contributed by atoms with E-state index in [1.165, 1.54) is 5.56 Å². The average Bonchev–Trinajstić information content (AvgIpc) is 2.26. The Morgan fingerprint density at radius 1 is 1.27 bits per heavy atom. The van der Waals surface area contributed by atoms with E-state index >= 15 is 0 Å². The van der Waals surface area contributed by atoms with Crippen LogP contribution in [0.5, 0.6) is 0 Å². The molecule has 1 unspecified atom stereocenters. The van der Waals surface area contributed by atoms with Gasteiger partial charge in [-0.1, -0.05) is 56.3 Å². The highest BCUT2D eigenvalue weighted by atomic mass is 32.1. The number of rotatable bonds is 3. The maximum atomic E-state index is 4.50. The molecule has 1 aliphatic rings. The van der Waals surface area contributed by atoms with E-state index in [1.54, 1.807) is 0 Å². The van der Waals surface area contributed by atoms with Crippen LogP contribution in [-0.4, -0.2) is 10.3 Å². The van der Waals surface area contributed by atoms with Crippen LogP contribution in [0.2, 0.25) is 0 Å².